The summed E-state index contributed by atoms with van der Waals surface area (Å²) in [5.74, 6) is 0.231. The first-order valence-corrected chi connectivity index (χ1v) is 24.4. The van der Waals surface area contributed by atoms with Crippen molar-refractivity contribution in [1.82, 2.24) is 19.9 Å². The molecule has 10 nitrogen and oxygen atoms in total. The minimum absolute atomic E-state index is 0.225. The van der Waals surface area contributed by atoms with Crippen LogP contribution in [0, 0.1) is 0 Å². The van der Waals surface area contributed by atoms with Gasteiger partial charge in [-0.2, -0.15) is 0 Å². The molecule has 7 aromatic carbocycles. The van der Waals surface area contributed by atoms with Crippen LogP contribution < -0.4 is 26.4 Å². The van der Waals surface area contributed by atoms with Crippen LogP contribution >= 0.6 is 0 Å². The monoisotopic (exact) mass is 960 g/mol. The number of nitrogen functional groups attached to an aromatic ring is 1. The molecule has 0 radical (unpaired) electrons. The molecule has 10 heteroatoms. The van der Waals surface area contributed by atoms with Crippen molar-refractivity contribution in [2.75, 3.05) is 28.3 Å². The predicted molar refractivity (Wildman–Crippen MR) is 305 cm³/mol. The first-order chi connectivity index (χ1) is 36.5. The molecule has 0 saturated carbocycles. The van der Waals surface area contributed by atoms with E-state index in [1.165, 1.54) is 0 Å². The van der Waals surface area contributed by atoms with Crippen LogP contribution in [0.25, 0.3) is 90.9 Å². The number of hydrogen-bond acceptors (Lipinski definition) is 7. The number of anilines is 6. The topological polar surface area (TPSA) is 146 Å². The maximum Gasteiger partial charge on any atom is 0.262 e. The third kappa shape index (κ3) is 9.41. The van der Waals surface area contributed by atoms with Gasteiger partial charge in [-0.05, 0) is 144 Å². The van der Waals surface area contributed by atoms with Gasteiger partial charge in [0, 0.05) is 84.0 Å². The van der Waals surface area contributed by atoms with Crippen LogP contribution in [-0.2, 0) is 4.79 Å². The van der Waals surface area contributed by atoms with Crippen LogP contribution in [0.3, 0.4) is 0 Å². The number of ether oxygens (including phenoxy) is 1. The number of nitrogens with two attached hydrogens (primary N) is 1. The molecule has 74 heavy (non-hydrogen) atoms. The number of aromatic nitrogens is 4. The van der Waals surface area contributed by atoms with Crippen LogP contribution in [0.5, 0.6) is 5.75 Å². The van der Waals surface area contributed by atoms with Crippen molar-refractivity contribution < 1.29 is 9.53 Å². The smallest absolute Gasteiger partial charge is 0.262 e. The fraction of sp³-hybridized carbons (Fsp3) is 0.0156. The second-order valence-electron chi connectivity index (χ2n) is 18.0. The van der Waals surface area contributed by atoms with Gasteiger partial charge in [0.25, 0.3) is 5.91 Å². The Morgan fingerprint density at radius 2 is 0.757 bits per heavy atom. The number of carbonyl (C=O) groups is 1. The van der Waals surface area contributed by atoms with Gasteiger partial charge >= 0.3 is 0 Å². The Hall–Kier alpha value is -10.2. The molecule has 8 bridgehead atoms. The molecule has 2 aliphatic rings. The number of rotatable bonds is 12. The standard InChI is InChI=1S/C64H48N8O2/c65-44-20-22-45(23-21-44)66-46-24-26-47(27-25-46)67-48-28-30-49(31-29-48)68-60(73)40-74-59-19-11-10-18-50(59)64-57-38-36-55(71-57)62(42-14-6-2-7-15-42)53-34-32-51(69-53)61(41-12-4-1-5-13-41)52-33-35-54(70-52)63(43-16-8-3-9-17-43)56-37-39-58(64)72-56/h1-39,66-67,69,72H,40,65H2,(H,68,73). The molecule has 3 aromatic heterocycles. The van der Waals surface area contributed by atoms with Crippen LogP contribution in [0.1, 0.15) is 22.8 Å². The molecule has 0 fully saturated rings. The number of fused-ring (bicyclic) bond motifs is 8. The fourth-order valence-corrected chi connectivity index (χ4v) is 9.53. The Labute approximate surface area is 427 Å². The highest BCUT2D eigenvalue weighted by atomic mass is 16.5. The van der Waals surface area contributed by atoms with E-state index in [1.54, 1.807) is 0 Å². The first kappa shape index (κ1) is 45.0. The number of H-pyrrole nitrogens is 2. The number of para-hydroxylation sites is 1. The highest BCUT2D eigenvalue weighted by molar-refractivity contribution is 6.00. The largest absolute Gasteiger partial charge is 0.483 e. The second kappa shape index (κ2) is 19.9. The third-order valence-corrected chi connectivity index (χ3v) is 13.0. The van der Waals surface area contributed by atoms with E-state index in [4.69, 9.17) is 20.4 Å². The summed E-state index contributed by atoms with van der Waals surface area (Å²) < 4.78 is 6.46. The maximum atomic E-state index is 13.6. The second-order valence-corrected chi connectivity index (χ2v) is 18.0. The fourth-order valence-electron chi connectivity index (χ4n) is 9.53. The normalized spacial score (nSPS) is 11.6. The molecule has 12 rings (SSSR count). The summed E-state index contributed by atoms with van der Waals surface area (Å²) in [6.45, 7) is -0.225. The number of amides is 1. The van der Waals surface area contributed by atoms with Crippen molar-refractivity contribution in [3.05, 3.63) is 235 Å². The van der Waals surface area contributed by atoms with Crippen LogP contribution in [0.15, 0.2) is 212 Å². The molecule has 0 atom stereocenters. The molecule has 5 heterocycles. The number of carbonyl (C=O) groups excluding carboxylic acids is 1. The van der Waals surface area contributed by atoms with Crippen molar-refractivity contribution in [2.45, 2.75) is 0 Å². The summed E-state index contributed by atoms with van der Waals surface area (Å²) >= 11 is 0. The van der Waals surface area contributed by atoms with E-state index >= 15 is 0 Å². The first-order valence-electron chi connectivity index (χ1n) is 24.4. The Morgan fingerprint density at radius 1 is 0.405 bits per heavy atom. The van der Waals surface area contributed by atoms with Gasteiger partial charge in [-0.15, -0.1) is 0 Å². The Bertz CT molecular complexity index is 3880. The summed E-state index contributed by atoms with van der Waals surface area (Å²) in [5, 5.41) is 9.82. The SMILES string of the molecule is Nc1ccc(Nc2ccc(Nc3ccc(NC(=O)COc4ccccc4-c4c5nc(c(-c6ccccc6)c6ccc([nH]6)c(-c6ccccc6)c6nc(c(-c7ccccc7)c7ccc4[nH]7)C=C6)C=C5)cc3)cc2)cc1. The van der Waals surface area contributed by atoms with Crippen molar-refractivity contribution in [2.24, 2.45) is 0 Å². The average Bonchev–Trinajstić information content (AvgIpc) is 4.30. The Morgan fingerprint density at radius 3 is 1.19 bits per heavy atom. The van der Waals surface area contributed by atoms with Crippen molar-refractivity contribution in [1.29, 1.82) is 0 Å². The molecule has 10 aromatic rings. The van der Waals surface area contributed by atoms with Crippen LogP contribution in [0.4, 0.5) is 34.1 Å². The van der Waals surface area contributed by atoms with E-state index < -0.39 is 0 Å². The summed E-state index contributed by atoms with van der Waals surface area (Å²) in [6.07, 6.45) is 8.33. The lowest BCUT2D eigenvalue weighted by Gasteiger charge is -2.13. The summed E-state index contributed by atoms with van der Waals surface area (Å²) in [4.78, 5) is 32.1. The quantitative estimate of drug-likeness (QED) is 0.0669. The number of aromatic amines is 2. The molecule has 7 N–H and O–H groups in total. The van der Waals surface area contributed by atoms with Crippen molar-refractivity contribution >= 4 is 86.4 Å². The highest BCUT2D eigenvalue weighted by Gasteiger charge is 2.21. The lowest BCUT2D eigenvalue weighted by Crippen LogP contribution is -2.20. The third-order valence-electron chi connectivity index (χ3n) is 13.0. The number of hydrogen-bond donors (Lipinski definition) is 6. The predicted octanol–water partition coefficient (Wildman–Crippen LogP) is 15.4. The van der Waals surface area contributed by atoms with Gasteiger partial charge in [0.1, 0.15) is 5.75 Å². The van der Waals surface area contributed by atoms with Gasteiger partial charge in [-0.3, -0.25) is 4.79 Å². The molecular weight excluding hydrogens is 913 g/mol. The summed E-state index contributed by atoms with van der Waals surface area (Å²) in [5.41, 5.74) is 25.2. The minimum Gasteiger partial charge on any atom is -0.483 e. The molecule has 2 aliphatic heterocycles. The number of nitrogens with zero attached hydrogens (tertiary/aromatic N) is 2. The van der Waals surface area contributed by atoms with Gasteiger partial charge in [-0.1, -0.05) is 109 Å². The Kier molecular flexibility index (Phi) is 12.1. The molecule has 0 saturated heterocycles. The van der Waals surface area contributed by atoms with Crippen LogP contribution in [-0.4, -0.2) is 32.4 Å². The van der Waals surface area contributed by atoms with E-state index in [-0.39, 0.29) is 12.5 Å². The lowest BCUT2D eigenvalue weighted by atomic mass is 10.0. The van der Waals surface area contributed by atoms with E-state index in [1.807, 2.05) is 140 Å². The molecule has 356 valence electrons. The van der Waals surface area contributed by atoms with Crippen molar-refractivity contribution in [3.63, 3.8) is 0 Å². The summed E-state index contributed by atoms with van der Waals surface area (Å²) in [6, 6.07) is 70.5. The van der Waals surface area contributed by atoms with Gasteiger partial charge in [0.2, 0.25) is 0 Å². The van der Waals surface area contributed by atoms with Crippen molar-refractivity contribution in [3.8, 4) is 50.3 Å². The van der Waals surface area contributed by atoms with Gasteiger partial charge < -0.3 is 36.4 Å². The van der Waals surface area contributed by atoms with Gasteiger partial charge in [0.15, 0.2) is 6.61 Å². The van der Waals surface area contributed by atoms with E-state index in [9.17, 15) is 4.79 Å². The summed E-state index contributed by atoms with van der Waals surface area (Å²) in [7, 11) is 0. The molecular formula is C64H48N8O2. The van der Waals surface area contributed by atoms with E-state index in [2.05, 4.69) is 123 Å². The highest BCUT2D eigenvalue weighted by Crippen LogP contribution is 2.40. The zero-order chi connectivity index (χ0) is 49.8. The van der Waals surface area contributed by atoms with Gasteiger partial charge in [-0.25, -0.2) is 9.97 Å². The van der Waals surface area contributed by atoms with Gasteiger partial charge in [0.05, 0.1) is 22.8 Å². The average molecular weight is 961 g/mol. The zero-order valence-electron chi connectivity index (χ0n) is 40.0. The van der Waals surface area contributed by atoms with E-state index in [0.29, 0.717) is 11.4 Å². The number of nitrogens with one attached hydrogen (secondary N) is 5. The minimum atomic E-state index is -0.299. The Balaban J connectivity index is 0.903. The van der Waals surface area contributed by atoms with Crippen LogP contribution in [0.2, 0.25) is 0 Å². The maximum absolute atomic E-state index is 13.6. The zero-order valence-corrected chi connectivity index (χ0v) is 40.0. The number of benzene rings is 7. The molecule has 0 aliphatic carbocycles. The van der Waals surface area contributed by atoms with E-state index in [0.717, 1.165) is 118 Å². The lowest BCUT2D eigenvalue weighted by molar-refractivity contribution is -0.118. The molecule has 0 unspecified atom stereocenters. The molecule has 0 spiro atoms. The molecule has 1 amide bonds.